The van der Waals surface area contributed by atoms with Gasteiger partial charge in [-0.05, 0) is 86.2 Å². The summed E-state index contributed by atoms with van der Waals surface area (Å²) in [7, 11) is -4.12. The summed E-state index contributed by atoms with van der Waals surface area (Å²) in [6.45, 7) is 11.6. The zero-order chi connectivity index (χ0) is 30.3. The minimum Gasteiger partial charge on any atom is -0.354 e. The molecule has 7 nitrogen and oxygen atoms in total. The molecule has 0 aromatic heterocycles. The van der Waals surface area contributed by atoms with Crippen molar-refractivity contribution in [3.8, 4) is 0 Å². The normalized spacial score (nSPS) is 12.2. The first-order valence-corrected chi connectivity index (χ1v) is 15.6. The average molecular weight is 598 g/mol. The van der Waals surface area contributed by atoms with Crippen LogP contribution in [0.2, 0.25) is 5.02 Å². The number of carbonyl (C=O) groups excluding carboxylic acids is 2. The molecule has 3 aromatic carbocycles. The molecule has 0 aliphatic carbocycles. The number of carbonyl (C=O) groups is 2. The van der Waals surface area contributed by atoms with E-state index in [0.29, 0.717) is 23.7 Å². The van der Waals surface area contributed by atoms with Crippen LogP contribution in [0.25, 0.3) is 0 Å². The van der Waals surface area contributed by atoms with Crippen molar-refractivity contribution in [1.29, 1.82) is 0 Å². The van der Waals surface area contributed by atoms with Crippen molar-refractivity contribution in [3.05, 3.63) is 94.0 Å². The number of aryl methyl sites for hydroxylation is 3. The van der Waals surface area contributed by atoms with Crippen LogP contribution in [-0.4, -0.2) is 44.3 Å². The first-order valence-electron chi connectivity index (χ1n) is 13.8. The van der Waals surface area contributed by atoms with Crippen molar-refractivity contribution in [3.63, 3.8) is 0 Å². The lowest BCUT2D eigenvalue weighted by atomic mass is 10.1. The van der Waals surface area contributed by atoms with Crippen molar-refractivity contribution >= 4 is 39.1 Å². The number of amides is 2. The van der Waals surface area contributed by atoms with Crippen LogP contribution >= 0.6 is 11.6 Å². The molecular weight excluding hydrogens is 558 g/mol. The van der Waals surface area contributed by atoms with E-state index in [4.69, 9.17) is 11.6 Å². The minimum absolute atomic E-state index is 0.0843. The van der Waals surface area contributed by atoms with Gasteiger partial charge in [-0.1, -0.05) is 68.3 Å². The predicted molar refractivity (Wildman–Crippen MR) is 166 cm³/mol. The summed E-state index contributed by atoms with van der Waals surface area (Å²) in [4.78, 5) is 29.0. The van der Waals surface area contributed by atoms with Crippen molar-refractivity contribution < 1.29 is 18.0 Å². The number of hydrogen-bond acceptors (Lipinski definition) is 4. The number of sulfonamides is 1. The molecule has 0 aliphatic heterocycles. The van der Waals surface area contributed by atoms with E-state index in [9.17, 15) is 18.0 Å². The van der Waals surface area contributed by atoms with E-state index in [1.54, 1.807) is 60.7 Å². The number of hydrogen-bond donors (Lipinski definition) is 1. The standard InChI is InChI=1S/C32H40ClN3O4S/c1-7-30(32(38)34-19-22(2)3)35(20-26-10-12-27(33)13-11-26)31(37)21-36(28-17-24(5)16-25(6)18-28)41(39,40)29-14-8-23(4)9-15-29/h8-18,22,30H,7,19-21H2,1-6H3,(H,34,38)/t30-/m1/s1. The van der Waals surface area contributed by atoms with Crippen LogP contribution in [-0.2, 0) is 26.2 Å². The number of nitrogens with zero attached hydrogens (tertiary/aromatic N) is 2. The quantitative estimate of drug-likeness (QED) is 0.276. The van der Waals surface area contributed by atoms with Crippen LogP contribution in [0.4, 0.5) is 5.69 Å². The molecular formula is C32H40ClN3O4S. The third-order valence-corrected chi connectivity index (χ3v) is 8.76. The van der Waals surface area contributed by atoms with Gasteiger partial charge in [0, 0.05) is 18.1 Å². The highest BCUT2D eigenvalue weighted by Gasteiger charge is 2.33. The number of anilines is 1. The largest absolute Gasteiger partial charge is 0.354 e. The second kappa shape index (κ2) is 14.0. The number of nitrogens with one attached hydrogen (secondary N) is 1. The average Bonchev–Trinajstić information content (AvgIpc) is 2.91. The maximum absolute atomic E-state index is 14.2. The van der Waals surface area contributed by atoms with E-state index in [1.165, 1.54) is 4.90 Å². The zero-order valence-electron chi connectivity index (χ0n) is 24.6. The van der Waals surface area contributed by atoms with Crippen molar-refractivity contribution in [2.45, 2.75) is 65.4 Å². The number of rotatable bonds is 12. The lowest BCUT2D eigenvalue weighted by Crippen LogP contribution is -2.52. The van der Waals surface area contributed by atoms with Gasteiger partial charge in [-0.3, -0.25) is 13.9 Å². The van der Waals surface area contributed by atoms with Crippen LogP contribution in [0.5, 0.6) is 0 Å². The van der Waals surface area contributed by atoms with E-state index in [0.717, 1.165) is 26.6 Å². The SMILES string of the molecule is CC[C@H](C(=O)NCC(C)C)N(Cc1ccc(Cl)cc1)C(=O)CN(c1cc(C)cc(C)c1)S(=O)(=O)c1ccc(C)cc1. The van der Waals surface area contributed by atoms with Gasteiger partial charge < -0.3 is 10.2 Å². The smallest absolute Gasteiger partial charge is 0.264 e. The molecule has 0 aliphatic rings. The highest BCUT2D eigenvalue weighted by atomic mass is 35.5. The van der Waals surface area contributed by atoms with Crippen LogP contribution in [0, 0.1) is 26.7 Å². The Morgan fingerprint density at radius 3 is 2.00 bits per heavy atom. The molecule has 3 aromatic rings. The molecule has 0 bridgehead atoms. The van der Waals surface area contributed by atoms with Gasteiger partial charge in [0.1, 0.15) is 12.6 Å². The summed E-state index contributed by atoms with van der Waals surface area (Å²) in [5.74, 6) is -0.527. The molecule has 0 saturated heterocycles. The highest BCUT2D eigenvalue weighted by molar-refractivity contribution is 7.92. The fourth-order valence-corrected chi connectivity index (χ4v) is 6.11. The molecule has 2 amide bonds. The molecule has 1 atom stereocenters. The monoisotopic (exact) mass is 597 g/mol. The van der Waals surface area contributed by atoms with Gasteiger partial charge in [0.05, 0.1) is 10.6 Å². The molecule has 0 spiro atoms. The Hall–Kier alpha value is -3.36. The van der Waals surface area contributed by atoms with E-state index in [-0.39, 0.29) is 23.3 Å². The fraction of sp³-hybridized carbons (Fsp3) is 0.375. The van der Waals surface area contributed by atoms with E-state index in [1.807, 2.05) is 47.6 Å². The molecule has 220 valence electrons. The van der Waals surface area contributed by atoms with Crippen molar-refractivity contribution in [1.82, 2.24) is 10.2 Å². The highest BCUT2D eigenvalue weighted by Crippen LogP contribution is 2.27. The number of benzene rings is 3. The lowest BCUT2D eigenvalue weighted by molar-refractivity contribution is -0.140. The van der Waals surface area contributed by atoms with Gasteiger partial charge in [-0.25, -0.2) is 8.42 Å². The van der Waals surface area contributed by atoms with Gasteiger partial charge in [0.15, 0.2) is 0 Å². The van der Waals surface area contributed by atoms with Crippen molar-refractivity contribution in [2.24, 2.45) is 5.92 Å². The fourth-order valence-electron chi connectivity index (χ4n) is 4.59. The second-order valence-corrected chi connectivity index (χ2v) is 13.2. The number of halogens is 1. The third-order valence-electron chi connectivity index (χ3n) is 6.72. The summed E-state index contributed by atoms with van der Waals surface area (Å²) >= 11 is 6.08. The summed E-state index contributed by atoms with van der Waals surface area (Å²) in [6, 6.07) is 18.3. The molecule has 0 heterocycles. The Kier molecular flexibility index (Phi) is 11.0. The Bertz CT molecular complexity index is 1440. The van der Waals surface area contributed by atoms with Gasteiger partial charge in [-0.2, -0.15) is 0 Å². The Morgan fingerprint density at radius 2 is 1.46 bits per heavy atom. The zero-order valence-corrected chi connectivity index (χ0v) is 26.2. The lowest BCUT2D eigenvalue weighted by Gasteiger charge is -2.33. The van der Waals surface area contributed by atoms with Gasteiger partial charge in [0.25, 0.3) is 10.0 Å². The van der Waals surface area contributed by atoms with Crippen LogP contribution in [0.1, 0.15) is 49.4 Å². The maximum atomic E-state index is 14.2. The van der Waals surface area contributed by atoms with Gasteiger partial charge in [-0.15, -0.1) is 0 Å². The Morgan fingerprint density at radius 1 is 0.878 bits per heavy atom. The molecule has 3 rings (SSSR count). The Labute approximate surface area is 249 Å². The molecule has 9 heteroatoms. The van der Waals surface area contributed by atoms with Crippen LogP contribution in [0.3, 0.4) is 0 Å². The first kappa shape index (κ1) is 32.2. The summed E-state index contributed by atoms with van der Waals surface area (Å²) in [5.41, 5.74) is 3.82. The van der Waals surface area contributed by atoms with Crippen molar-refractivity contribution in [2.75, 3.05) is 17.4 Å². The first-order chi connectivity index (χ1) is 19.3. The minimum atomic E-state index is -4.12. The topological polar surface area (TPSA) is 86.8 Å². The second-order valence-electron chi connectivity index (χ2n) is 10.9. The molecule has 1 N–H and O–H groups in total. The maximum Gasteiger partial charge on any atom is 0.264 e. The van der Waals surface area contributed by atoms with Gasteiger partial charge >= 0.3 is 0 Å². The van der Waals surface area contributed by atoms with Crippen LogP contribution in [0.15, 0.2) is 71.6 Å². The molecule has 0 saturated carbocycles. The summed E-state index contributed by atoms with van der Waals surface area (Å²) in [6.07, 6.45) is 0.359. The molecule has 0 fully saturated rings. The van der Waals surface area contributed by atoms with Crippen LogP contribution < -0.4 is 9.62 Å². The van der Waals surface area contributed by atoms with E-state index < -0.39 is 28.5 Å². The van der Waals surface area contributed by atoms with E-state index >= 15 is 0 Å². The summed E-state index contributed by atoms with van der Waals surface area (Å²) < 4.78 is 29.2. The predicted octanol–water partition coefficient (Wildman–Crippen LogP) is 6.04. The third kappa shape index (κ3) is 8.57. The molecule has 0 unspecified atom stereocenters. The van der Waals surface area contributed by atoms with E-state index in [2.05, 4.69) is 5.32 Å². The molecule has 0 radical (unpaired) electrons. The summed E-state index contributed by atoms with van der Waals surface area (Å²) in [5, 5.41) is 3.49. The van der Waals surface area contributed by atoms with Gasteiger partial charge in [0.2, 0.25) is 11.8 Å². The Balaban J connectivity index is 2.07. The molecule has 41 heavy (non-hydrogen) atoms.